The maximum absolute atomic E-state index is 12.9. The predicted octanol–water partition coefficient (Wildman–Crippen LogP) is 2.75. The molecule has 2 aliphatic heterocycles. The van der Waals surface area contributed by atoms with E-state index in [1.807, 2.05) is 24.3 Å². The van der Waals surface area contributed by atoms with Gasteiger partial charge in [0.15, 0.2) is 0 Å². The zero-order valence-corrected chi connectivity index (χ0v) is 18.1. The minimum Gasteiger partial charge on any atom is -0.278 e. The molecule has 6 fully saturated rings. The largest absolute Gasteiger partial charge is 0.278 e. The lowest BCUT2D eigenvalue weighted by Gasteiger charge is -2.19. The zero-order valence-electron chi connectivity index (χ0n) is 18.1. The molecule has 0 spiro atoms. The Bertz CT molecular complexity index is 909. The van der Waals surface area contributed by atoms with Gasteiger partial charge in [-0.2, -0.15) is 0 Å². The third kappa shape index (κ3) is 2.41. The van der Waals surface area contributed by atoms with Crippen LogP contribution in [0.5, 0.6) is 0 Å². The number of likely N-dealkylation sites (tertiary alicyclic amines) is 2. The van der Waals surface area contributed by atoms with E-state index in [9.17, 15) is 19.2 Å². The summed E-state index contributed by atoms with van der Waals surface area (Å²) in [5.74, 6) is 1.36. The van der Waals surface area contributed by atoms with Gasteiger partial charge in [-0.3, -0.25) is 29.0 Å². The maximum Gasteiger partial charge on any atom is 0.233 e. The van der Waals surface area contributed by atoms with E-state index in [4.69, 9.17) is 0 Å². The van der Waals surface area contributed by atoms with Crippen LogP contribution in [0.15, 0.2) is 24.3 Å². The molecule has 6 heteroatoms. The van der Waals surface area contributed by atoms with Gasteiger partial charge in [-0.15, -0.1) is 0 Å². The first-order chi connectivity index (χ1) is 15.5. The Balaban J connectivity index is 1.05. The van der Waals surface area contributed by atoms with Crippen molar-refractivity contribution >= 4 is 23.6 Å². The quantitative estimate of drug-likeness (QED) is 0.686. The van der Waals surface area contributed by atoms with Crippen molar-refractivity contribution in [3.05, 3.63) is 35.4 Å². The molecular weight excluding hydrogens is 404 g/mol. The summed E-state index contributed by atoms with van der Waals surface area (Å²) in [4.78, 5) is 54.7. The highest BCUT2D eigenvalue weighted by atomic mass is 16.2. The number of imide groups is 2. The first-order valence-electron chi connectivity index (χ1n) is 12.3. The summed E-state index contributed by atoms with van der Waals surface area (Å²) in [5.41, 5.74) is 1.83. The summed E-state index contributed by atoms with van der Waals surface area (Å²) < 4.78 is 0. The Hall–Kier alpha value is -2.50. The molecule has 0 aromatic heterocycles. The standard InChI is InChI=1S/C26H28N2O4/c29-23-19-15-5-6-16(9-15)20(19)24(30)27(23)11-13-1-2-14(4-3-13)12-28-25(31)21-17-7-8-18(10-17)22(21)26(28)32/h1-4,15-22H,5-12H2. The van der Waals surface area contributed by atoms with Crippen molar-refractivity contribution in [1.82, 2.24) is 9.80 Å². The van der Waals surface area contributed by atoms with Gasteiger partial charge in [0, 0.05) is 0 Å². The SMILES string of the molecule is O=C1C2C3CCC(C3)C2C(=O)N1Cc1ccc(CN2C(=O)C3C4CCC(C4)C3C2=O)cc1. The molecule has 6 nitrogen and oxygen atoms in total. The van der Waals surface area contributed by atoms with Gasteiger partial charge in [-0.05, 0) is 73.3 Å². The lowest BCUT2D eigenvalue weighted by molar-refractivity contribution is -0.143. The molecule has 8 atom stereocenters. The average molecular weight is 433 g/mol. The molecule has 166 valence electrons. The molecule has 0 N–H and O–H groups in total. The third-order valence-electron chi connectivity index (χ3n) is 9.74. The number of fused-ring (bicyclic) bond motifs is 10. The molecule has 4 bridgehead atoms. The summed E-state index contributed by atoms with van der Waals surface area (Å²) in [7, 11) is 0. The molecule has 4 amide bonds. The molecule has 2 heterocycles. The van der Waals surface area contributed by atoms with E-state index >= 15 is 0 Å². The van der Waals surface area contributed by atoms with Crippen molar-refractivity contribution in [3.63, 3.8) is 0 Å². The van der Waals surface area contributed by atoms with Gasteiger partial charge < -0.3 is 0 Å². The van der Waals surface area contributed by atoms with E-state index in [0.717, 1.165) is 49.7 Å². The fraction of sp³-hybridized carbons (Fsp3) is 0.615. The Labute approximate surface area is 187 Å². The van der Waals surface area contributed by atoms with Crippen molar-refractivity contribution in [2.45, 2.75) is 51.6 Å². The van der Waals surface area contributed by atoms with Crippen LogP contribution in [-0.4, -0.2) is 33.4 Å². The van der Waals surface area contributed by atoms with E-state index in [0.29, 0.717) is 36.8 Å². The number of hydrogen-bond donors (Lipinski definition) is 0. The number of benzene rings is 1. The van der Waals surface area contributed by atoms with Crippen molar-refractivity contribution in [2.75, 3.05) is 0 Å². The fourth-order valence-electron chi connectivity index (χ4n) is 8.37. The fourth-order valence-corrected chi connectivity index (χ4v) is 8.37. The highest BCUT2D eigenvalue weighted by Gasteiger charge is 2.61. The minimum absolute atomic E-state index is 0.0192. The van der Waals surface area contributed by atoms with E-state index in [-0.39, 0.29) is 47.3 Å². The minimum atomic E-state index is -0.0811. The van der Waals surface area contributed by atoms with Gasteiger partial charge in [0.05, 0.1) is 36.8 Å². The molecule has 1 aromatic carbocycles. The second-order valence-electron chi connectivity index (χ2n) is 11.1. The maximum atomic E-state index is 12.9. The van der Waals surface area contributed by atoms with E-state index in [1.54, 1.807) is 0 Å². The lowest BCUT2D eigenvalue weighted by atomic mass is 9.81. The van der Waals surface area contributed by atoms with Crippen LogP contribution in [0, 0.1) is 47.3 Å². The zero-order chi connectivity index (χ0) is 21.7. The number of rotatable bonds is 4. The average Bonchev–Trinajstić information content (AvgIpc) is 3.62. The predicted molar refractivity (Wildman–Crippen MR) is 113 cm³/mol. The second kappa shape index (κ2) is 6.52. The summed E-state index contributed by atoms with van der Waals surface area (Å²) in [6.45, 7) is 0.638. The summed E-state index contributed by atoms with van der Waals surface area (Å²) >= 11 is 0. The highest BCUT2D eigenvalue weighted by molar-refractivity contribution is 6.06. The monoisotopic (exact) mass is 432 g/mol. The molecule has 8 unspecified atom stereocenters. The Morgan fingerprint density at radius 3 is 1.09 bits per heavy atom. The van der Waals surface area contributed by atoms with Gasteiger partial charge in [-0.25, -0.2) is 0 Å². The van der Waals surface area contributed by atoms with Crippen LogP contribution in [0.3, 0.4) is 0 Å². The number of amides is 4. The van der Waals surface area contributed by atoms with Gasteiger partial charge in [0.25, 0.3) is 0 Å². The molecule has 1 aromatic rings. The van der Waals surface area contributed by atoms with Crippen molar-refractivity contribution < 1.29 is 19.2 Å². The van der Waals surface area contributed by atoms with Gasteiger partial charge >= 0.3 is 0 Å². The van der Waals surface area contributed by atoms with Gasteiger partial charge in [0.1, 0.15) is 0 Å². The molecule has 4 aliphatic carbocycles. The van der Waals surface area contributed by atoms with Gasteiger partial charge in [0.2, 0.25) is 23.6 Å². The van der Waals surface area contributed by atoms with E-state index < -0.39 is 0 Å². The van der Waals surface area contributed by atoms with Crippen molar-refractivity contribution in [3.8, 4) is 0 Å². The van der Waals surface area contributed by atoms with Crippen molar-refractivity contribution in [1.29, 1.82) is 0 Å². The number of hydrogen-bond acceptors (Lipinski definition) is 4. The number of carbonyl (C=O) groups is 4. The molecule has 6 aliphatic rings. The van der Waals surface area contributed by atoms with Crippen LogP contribution in [-0.2, 0) is 32.3 Å². The highest BCUT2D eigenvalue weighted by Crippen LogP contribution is 2.57. The topological polar surface area (TPSA) is 74.8 Å². The van der Waals surface area contributed by atoms with Gasteiger partial charge in [-0.1, -0.05) is 24.3 Å². The summed E-state index contributed by atoms with van der Waals surface area (Å²) in [6.07, 6.45) is 6.45. The molecule has 32 heavy (non-hydrogen) atoms. The summed E-state index contributed by atoms with van der Waals surface area (Å²) in [5, 5.41) is 0. The van der Waals surface area contributed by atoms with Crippen LogP contribution >= 0.6 is 0 Å². The van der Waals surface area contributed by atoms with Crippen LogP contribution in [0.25, 0.3) is 0 Å². The van der Waals surface area contributed by atoms with Crippen molar-refractivity contribution in [2.24, 2.45) is 47.3 Å². The van der Waals surface area contributed by atoms with Crippen LogP contribution in [0.4, 0.5) is 0 Å². The van der Waals surface area contributed by atoms with Crippen LogP contribution in [0.2, 0.25) is 0 Å². The molecule has 4 saturated carbocycles. The van der Waals surface area contributed by atoms with E-state index in [1.165, 1.54) is 9.80 Å². The molecule has 0 radical (unpaired) electrons. The summed E-state index contributed by atoms with van der Waals surface area (Å²) in [6, 6.07) is 7.70. The first-order valence-corrected chi connectivity index (χ1v) is 12.3. The van der Waals surface area contributed by atoms with Crippen LogP contribution in [0.1, 0.15) is 49.7 Å². The first kappa shape index (κ1) is 19.0. The molecule has 7 rings (SSSR count). The third-order valence-corrected chi connectivity index (χ3v) is 9.74. The Kier molecular flexibility index (Phi) is 3.87. The molecular formula is C26H28N2O4. The van der Waals surface area contributed by atoms with E-state index in [2.05, 4.69) is 0 Å². The normalized spacial score (nSPS) is 41.4. The number of carbonyl (C=O) groups excluding carboxylic acids is 4. The Morgan fingerprint density at radius 1 is 0.531 bits per heavy atom. The number of nitrogens with zero attached hydrogens (tertiary/aromatic N) is 2. The Morgan fingerprint density at radius 2 is 0.812 bits per heavy atom. The molecule has 2 saturated heterocycles. The van der Waals surface area contributed by atoms with Crippen LogP contribution < -0.4 is 0 Å². The smallest absolute Gasteiger partial charge is 0.233 e. The lowest BCUT2D eigenvalue weighted by Crippen LogP contribution is -2.32. The second-order valence-corrected chi connectivity index (χ2v) is 11.1.